The molecular weight excluding hydrogens is 341 g/mol. The van der Waals surface area contributed by atoms with Crippen molar-refractivity contribution in [3.8, 4) is 0 Å². The van der Waals surface area contributed by atoms with E-state index in [0.717, 1.165) is 18.1 Å². The Hall–Kier alpha value is -0.920. The highest BCUT2D eigenvalue weighted by atomic mass is 127. The van der Waals surface area contributed by atoms with E-state index >= 15 is 0 Å². The molecule has 0 radical (unpaired) electrons. The lowest BCUT2D eigenvalue weighted by Gasteiger charge is -2.09. The summed E-state index contributed by atoms with van der Waals surface area (Å²) in [5.74, 6) is 1.52. The predicted octanol–water partition coefficient (Wildman–Crippen LogP) is 2.40. The standard InChI is InChI=1S/C12H18IN5/c1-8(2)5-18-11(14-7-15-18)6-17-10(4)12(13)9(3)16-17/h7-8H,5-6H2,1-4H3. The van der Waals surface area contributed by atoms with Gasteiger partial charge in [0, 0.05) is 12.2 Å². The molecule has 0 aliphatic heterocycles. The highest BCUT2D eigenvalue weighted by molar-refractivity contribution is 14.1. The average Bonchev–Trinajstić information content (AvgIpc) is 2.81. The van der Waals surface area contributed by atoms with Crippen LogP contribution in [0.5, 0.6) is 0 Å². The Morgan fingerprint density at radius 3 is 2.56 bits per heavy atom. The molecule has 0 saturated carbocycles. The molecular formula is C12H18IN5. The van der Waals surface area contributed by atoms with Crippen LogP contribution >= 0.6 is 22.6 Å². The van der Waals surface area contributed by atoms with Crippen LogP contribution < -0.4 is 0 Å². The van der Waals surface area contributed by atoms with Gasteiger partial charge in [-0.1, -0.05) is 13.8 Å². The molecule has 98 valence electrons. The van der Waals surface area contributed by atoms with Gasteiger partial charge in [-0.15, -0.1) is 0 Å². The third-order valence-corrected chi connectivity index (χ3v) is 4.38. The molecule has 0 aliphatic rings. The molecule has 5 nitrogen and oxygen atoms in total. The van der Waals surface area contributed by atoms with Gasteiger partial charge < -0.3 is 0 Å². The Bertz CT molecular complexity index is 541. The van der Waals surface area contributed by atoms with E-state index in [1.165, 1.54) is 9.26 Å². The molecule has 0 bridgehead atoms. The fourth-order valence-electron chi connectivity index (χ4n) is 1.87. The summed E-state index contributed by atoms with van der Waals surface area (Å²) in [6, 6.07) is 0. The van der Waals surface area contributed by atoms with Crippen molar-refractivity contribution < 1.29 is 0 Å². The Kier molecular flexibility index (Phi) is 4.04. The van der Waals surface area contributed by atoms with Crippen LogP contribution in [0.25, 0.3) is 0 Å². The number of nitrogens with zero attached hydrogens (tertiary/aromatic N) is 5. The van der Waals surface area contributed by atoms with Crippen LogP contribution in [0.2, 0.25) is 0 Å². The summed E-state index contributed by atoms with van der Waals surface area (Å²) in [4.78, 5) is 4.33. The van der Waals surface area contributed by atoms with Crippen LogP contribution in [0.15, 0.2) is 6.33 Å². The average molecular weight is 359 g/mol. The maximum atomic E-state index is 4.53. The molecule has 0 atom stereocenters. The monoisotopic (exact) mass is 359 g/mol. The Morgan fingerprint density at radius 2 is 2.00 bits per heavy atom. The van der Waals surface area contributed by atoms with Crippen LogP contribution in [-0.2, 0) is 13.1 Å². The van der Waals surface area contributed by atoms with Gasteiger partial charge >= 0.3 is 0 Å². The molecule has 2 rings (SSSR count). The molecule has 0 amide bonds. The second-order valence-corrected chi connectivity index (χ2v) is 5.97. The number of halogens is 1. The summed E-state index contributed by atoms with van der Waals surface area (Å²) in [6.07, 6.45) is 1.62. The molecule has 0 fully saturated rings. The van der Waals surface area contributed by atoms with Gasteiger partial charge in [0.2, 0.25) is 0 Å². The van der Waals surface area contributed by atoms with Crippen molar-refractivity contribution in [3.05, 3.63) is 27.1 Å². The van der Waals surface area contributed by atoms with Gasteiger partial charge in [-0.3, -0.25) is 4.68 Å². The first-order valence-electron chi connectivity index (χ1n) is 6.05. The summed E-state index contributed by atoms with van der Waals surface area (Å²) in [5, 5.41) is 8.81. The molecule has 0 saturated heterocycles. The maximum absolute atomic E-state index is 4.53. The van der Waals surface area contributed by atoms with Crippen LogP contribution in [0.3, 0.4) is 0 Å². The molecule has 6 heteroatoms. The van der Waals surface area contributed by atoms with Gasteiger partial charge in [0.15, 0.2) is 0 Å². The SMILES string of the molecule is Cc1nn(Cc2ncnn2CC(C)C)c(C)c1I. The van der Waals surface area contributed by atoms with E-state index in [2.05, 4.69) is 58.5 Å². The molecule has 2 aromatic rings. The van der Waals surface area contributed by atoms with Crippen molar-refractivity contribution in [2.45, 2.75) is 40.8 Å². The fraction of sp³-hybridized carbons (Fsp3) is 0.583. The largest absolute Gasteiger partial charge is 0.261 e. The Morgan fingerprint density at radius 1 is 1.28 bits per heavy atom. The first-order chi connectivity index (χ1) is 8.49. The molecule has 2 heterocycles. The summed E-state index contributed by atoms with van der Waals surface area (Å²) < 4.78 is 5.19. The van der Waals surface area contributed by atoms with Gasteiger partial charge in [-0.2, -0.15) is 10.2 Å². The molecule has 0 N–H and O–H groups in total. The summed E-state index contributed by atoms with van der Waals surface area (Å²) in [7, 11) is 0. The summed E-state index contributed by atoms with van der Waals surface area (Å²) in [6.45, 7) is 10.1. The van der Waals surface area contributed by atoms with Crippen molar-refractivity contribution in [1.82, 2.24) is 24.5 Å². The van der Waals surface area contributed by atoms with Crippen molar-refractivity contribution in [2.75, 3.05) is 0 Å². The zero-order valence-corrected chi connectivity index (χ0v) is 13.3. The number of rotatable bonds is 4. The Labute approximate surface area is 121 Å². The second-order valence-electron chi connectivity index (χ2n) is 4.89. The first-order valence-corrected chi connectivity index (χ1v) is 7.13. The minimum atomic E-state index is 0.561. The normalized spacial score (nSPS) is 11.4. The van der Waals surface area contributed by atoms with Gasteiger partial charge in [-0.25, -0.2) is 9.67 Å². The second kappa shape index (κ2) is 5.38. The van der Waals surface area contributed by atoms with Crippen molar-refractivity contribution in [3.63, 3.8) is 0 Å². The number of aromatic nitrogens is 5. The van der Waals surface area contributed by atoms with Crippen LogP contribution in [0, 0.1) is 23.3 Å². The van der Waals surface area contributed by atoms with Crippen molar-refractivity contribution >= 4 is 22.6 Å². The molecule has 0 aromatic carbocycles. The molecule has 0 unspecified atom stereocenters. The minimum absolute atomic E-state index is 0.561. The van der Waals surface area contributed by atoms with E-state index in [1.807, 2.05) is 16.3 Å². The zero-order valence-electron chi connectivity index (χ0n) is 11.2. The lowest BCUT2D eigenvalue weighted by atomic mass is 10.2. The molecule has 0 spiro atoms. The van der Waals surface area contributed by atoms with Crippen LogP contribution in [0.1, 0.15) is 31.1 Å². The lowest BCUT2D eigenvalue weighted by Crippen LogP contribution is -2.14. The van der Waals surface area contributed by atoms with E-state index in [0.29, 0.717) is 12.5 Å². The van der Waals surface area contributed by atoms with Gasteiger partial charge in [0.05, 0.1) is 9.26 Å². The molecule has 2 aromatic heterocycles. The molecule has 0 aliphatic carbocycles. The third kappa shape index (κ3) is 2.73. The third-order valence-electron chi connectivity index (χ3n) is 2.82. The van der Waals surface area contributed by atoms with E-state index in [-0.39, 0.29) is 0 Å². The topological polar surface area (TPSA) is 48.5 Å². The zero-order chi connectivity index (χ0) is 13.3. The van der Waals surface area contributed by atoms with Crippen LogP contribution in [0.4, 0.5) is 0 Å². The minimum Gasteiger partial charge on any atom is -0.261 e. The smallest absolute Gasteiger partial charge is 0.148 e. The number of hydrogen-bond donors (Lipinski definition) is 0. The van der Waals surface area contributed by atoms with E-state index in [1.54, 1.807) is 6.33 Å². The summed E-state index contributed by atoms with van der Waals surface area (Å²) in [5.41, 5.74) is 2.26. The highest BCUT2D eigenvalue weighted by Crippen LogP contribution is 2.16. The fourth-order valence-corrected chi connectivity index (χ4v) is 2.26. The van der Waals surface area contributed by atoms with Gasteiger partial charge in [0.1, 0.15) is 18.7 Å². The number of aryl methyl sites for hydroxylation is 1. The molecule has 18 heavy (non-hydrogen) atoms. The maximum Gasteiger partial charge on any atom is 0.148 e. The number of hydrogen-bond acceptors (Lipinski definition) is 3. The van der Waals surface area contributed by atoms with E-state index in [9.17, 15) is 0 Å². The summed E-state index contributed by atoms with van der Waals surface area (Å²) >= 11 is 2.33. The lowest BCUT2D eigenvalue weighted by molar-refractivity contribution is 0.455. The van der Waals surface area contributed by atoms with Gasteiger partial charge in [0.25, 0.3) is 0 Å². The van der Waals surface area contributed by atoms with E-state index < -0.39 is 0 Å². The van der Waals surface area contributed by atoms with Crippen molar-refractivity contribution in [1.29, 1.82) is 0 Å². The van der Waals surface area contributed by atoms with E-state index in [4.69, 9.17) is 0 Å². The Balaban J connectivity index is 2.23. The van der Waals surface area contributed by atoms with Crippen molar-refractivity contribution in [2.24, 2.45) is 5.92 Å². The van der Waals surface area contributed by atoms with Gasteiger partial charge in [-0.05, 0) is 42.4 Å². The quantitative estimate of drug-likeness (QED) is 0.788. The predicted molar refractivity (Wildman–Crippen MR) is 78.4 cm³/mol. The highest BCUT2D eigenvalue weighted by Gasteiger charge is 2.12. The van der Waals surface area contributed by atoms with Crippen LogP contribution in [-0.4, -0.2) is 24.5 Å². The first kappa shape index (κ1) is 13.5.